The van der Waals surface area contributed by atoms with Gasteiger partial charge in [0.15, 0.2) is 0 Å². The highest BCUT2D eigenvalue weighted by Crippen LogP contribution is 2.20. The van der Waals surface area contributed by atoms with Crippen LogP contribution in [-0.2, 0) is 14.8 Å². The molecule has 2 rings (SSSR count). The van der Waals surface area contributed by atoms with E-state index in [4.69, 9.17) is 9.47 Å². The van der Waals surface area contributed by atoms with Gasteiger partial charge in [-0.3, -0.25) is 4.79 Å². The zero-order valence-electron chi connectivity index (χ0n) is 16.1. The first-order valence-electron chi connectivity index (χ1n) is 9.18. The number of carbonyl (C=O) groups excluding carboxylic acids is 1. The second kappa shape index (κ2) is 10.8. The van der Waals surface area contributed by atoms with E-state index in [1.165, 1.54) is 12.1 Å². The van der Waals surface area contributed by atoms with Gasteiger partial charge in [0.2, 0.25) is 10.0 Å². The lowest BCUT2D eigenvalue weighted by Crippen LogP contribution is -2.24. The standard InChI is InChI=1S/C20H26N2O5S/c1-3-13-21-28(24,25)17-11-9-16(10-12-17)22-20(23)18-7-5-6-8-19(18)27-15-14-26-4-2/h5-12,21H,3-4,13-15H2,1-2H3,(H,22,23). The zero-order chi connectivity index (χ0) is 20.4. The predicted octanol–water partition coefficient (Wildman–Crippen LogP) is 3.04. The monoisotopic (exact) mass is 406 g/mol. The van der Waals surface area contributed by atoms with Crippen molar-refractivity contribution in [2.75, 3.05) is 31.7 Å². The number of hydrogen-bond acceptors (Lipinski definition) is 5. The normalized spacial score (nSPS) is 11.2. The molecule has 2 aromatic carbocycles. The second-order valence-corrected chi connectivity index (χ2v) is 7.68. The molecule has 28 heavy (non-hydrogen) atoms. The average Bonchev–Trinajstić information content (AvgIpc) is 2.70. The summed E-state index contributed by atoms with van der Waals surface area (Å²) in [6.45, 7) is 5.55. The Hall–Kier alpha value is -2.42. The minimum Gasteiger partial charge on any atom is -0.490 e. The molecule has 0 saturated heterocycles. The number of rotatable bonds is 11. The molecule has 0 heterocycles. The Morgan fingerprint density at radius 3 is 2.39 bits per heavy atom. The number of benzene rings is 2. The van der Waals surface area contributed by atoms with Crippen molar-refractivity contribution in [3.63, 3.8) is 0 Å². The average molecular weight is 407 g/mol. The maximum Gasteiger partial charge on any atom is 0.259 e. The van der Waals surface area contributed by atoms with Crippen LogP contribution in [0.2, 0.25) is 0 Å². The third-order valence-corrected chi connectivity index (χ3v) is 5.26. The lowest BCUT2D eigenvalue weighted by molar-refractivity contribution is 0.0998. The van der Waals surface area contributed by atoms with Crippen LogP contribution in [0.15, 0.2) is 53.4 Å². The molecule has 7 nitrogen and oxygen atoms in total. The van der Waals surface area contributed by atoms with Crippen LogP contribution in [-0.4, -0.2) is 40.7 Å². The lowest BCUT2D eigenvalue weighted by atomic mass is 10.2. The van der Waals surface area contributed by atoms with Crippen molar-refractivity contribution in [3.05, 3.63) is 54.1 Å². The van der Waals surface area contributed by atoms with Crippen molar-refractivity contribution in [2.24, 2.45) is 0 Å². The molecule has 0 spiro atoms. The Labute approximate surface area is 166 Å². The molecule has 0 radical (unpaired) electrons. The molecular formula is C20H26N2O5S. The van der Waals surface area contributed by atoms with E-state index in [0.29, 0.717) is 49.8 Å². The minimum atomic E-state index is -3.54. The lowest BCUT2D eigenvalue weighted by Gasteiger charge is -2.12. The number of hydrogen-bond donors (Lipinski definition) is 2. The van der Waals surface area contributed by atoms with Crippen LogP contribution in [0.25, 0.3) is 0 Å². The van der Waals surface area contributed by atoms with Crippen LogP contribution in [0.1, 0.15) is 30.6 Å². The van der Waals surface area contributed by atoms with Gasteiger partial charge in [0.25, 0.3) is 5.91 Å². The summed E-state index contributed by atoms with van der Waals surface area (Å²) in [7, 11) is -3.54. The molecule has 0 aromatic heterocycles. The number of anilines is 1. The largest absolute Gasteiger partial charge is 0.490 e. The Morgan fingerprint density at radius 2 is 1.71 bits per heavy atom. The summed E-state index contributed by atoms with van der Waals surface area (Å²) < 4.78 is 37.6. The minimum absolute atomic E-state index is 0.151. The number of para-hydroxylation sites is 1. The smallest absolute Gasteiger partial charge is 0.259 e. The van der Waals surface area contributed by atoms with Crippen LogP contribution >= 0.6 is 0 Å². The molecule has 152 valence electrons. The van der Waals surface area contributed by atoms with E-state index in [2.05, 4.69) is 10.0 Å². The van der Waals surface area contributed by atoms with E-state index in [-0.39, 0.29) is 10.8 Å². The van der Waals surface area contributed by atoms with Crippen LogP contribution in [0.4, 0.5) is 5.69 Å². The first-order chi connectivity index (χ1) is 13.5. The highest BCUT2D eigenvalue weighted by Gasteiger charge is 2.15. The fraction of sp³-hybridized carbons (Fsp3) is 0.350. The van der Waals surface area contributed by atoms with Gasteiger partial charge in [-0.1, -0.05) is 19.1 Å². The number of amides is 1. The maximum atomic E-state index is 12.6. The van der Waals surface area contributed by atoms with E-state index in [1.54, 1.807) is 36.4 Å². The van der Waals surface area contributed by atoms with Crippen LogP contribution in [0.5, 0.6) is 5.75 Å². The van der Waals surface area contributed by atoms with E-state index < -0.39 is 10.0 Å². The molecule has 0 aliphatic carbocycles. The molecule has 2 aromatic rings. The van der Waals surface area contributed by atoms with E-state index in [9.17, 15) is 13.2 Å². The summed E-state index contributed by atoms with van der Waals surface area (Å²) in [5.74, 6) is 0.120. The number of nitrogens with one attached hydrogen (secondary N) is 2. The molecule has 0 atom stereocenters. The number of carbonyl (C=O) groups is 1. The Kier molecular flexibility index (Phi) is 8.43. The molecule has 2 N–H and O–H groups in total. The summed E-state index contributed by atoms with van der Waals surface area (Å²) in [6.07, 6.45) is 0.708. The first kappa shape index (κ1) is 21.9. The van der Waals surface area contributed by atoms with Gasteiger partial charge < -0.3 is 14.8 Å². The van der Waals surface area contributed by atoms with Crippen molar-refractivity contribution < 1.29 is 22.7 Å². The fourth-order valence-electron chi connectivity index (χ4n) is 2.37. The highest BCUT2D eigenvalue weighted by atomic mass is 32.2. The van der Waals surface area contributed by atoms with Crippen molar-refractivity contribution in [1.82, 2.24) is 4.72 Å². The molecule has 0 saturated carbocycles. The van der Waals surface area contributed by atoms with Gasteiger partial charge in [0.05, 0.1) is 17.1 Å². The molecule has 0 fully saturated rings. The van der Waals surface area contributed by atoms with Gasteiger partial charge in [-0.2, -0.15) is 0 Å². The SMILES string of the molecule is CCCNS(=O)(=O)c1ccc(NC(=O)c2ccccc2OCCOCC)cc1. The van der Waals surface area contributed by atoms with Gasteiger partial charge in [0, 0.05) is 18.8 Å². The zero-order valence-corrected chi connectivity index (χ0v) is 16.9. The molecule has 0 aliphatic heterocycles. The van der Waals surface area contributed by atoms with Crippen LogP contribution in [0.3, 0.4) is 0 Å². The van der Waals surface area contributed by atoms with Gasteiger partial charge in [0.1, 0.15) is 12.4 Å². The van der Waals surface area contributed by atoms with Gasteiger partial charge in [-0.15, -0.1) is 0 Å². The summed E-state index contributed by atoms with van der Waals surface area (Å²) in [6, 6.07) is 12.9. The second-order valence-electron chi connectivity index (χ2n) is 5.92. The van der Waals surface area contributed by atoms with E-state index >= 15 is 0 Å². The summed E-state index contributed by atoms with van der Waals surface area (Å²) in [4.78, 5) is 12.7. The number of sulfonamides is 1. The summed E-state index contributed by atoms with van der Waals surface area (Å²) >= 11 is 0. The van der Waals surface area contributed by atoms with Crippen LogP contribution < -0.4 is 14.8 Å². The van der Waals surface area contributed by atoms with Crippen molar-refractivity contribution in [2.45, 2.75) is 25.2 Å². The van der Waals surface area contributed by atoms with E-state index in [0.717, 1.165) is 0 Å². The van der Waals surface area contributed by atoms with Crippen molar-refractivity contribution >= 4 is 21.6 Å². The molecule has 0 bridgehead atoms. The topological polar surface area (TPSA) is 93.7 Å². The molecular weight excluding hydrogens is 380 g/mol. The molecule has 8 heteroatoms. The molecule has 0 aliphatic rings. The summed E-state index contributed by atoms with van der Waals surface area (Å²) in [5.41, 5.74) is 0.879. The number of ether oxygens (including phenoxy) is 2. The Bertz CT molecular complexity index is 866. The molecule has 0 unspecified atom stereocenters. The van der Waals surface area contributed by atoms with Crippen LogP contribution in [0, 0.1) is 0 Å². The van der Waals surface area contributed by atoms with Crippen molar-refractivity contribution in [3.8, 4) is 5.75 Å². The Balaban J connectivity index is 2.05. The maximum absolute atomic E-state index is 12.6. The third-order valence-electron chi connectivity index (χ3n) is 3.79. The molecule has 1 amide bonds. The first-order valence-corrected chi connectivity index (χ1v) is 10.7. The van der Waals surface area contributed by atoms with Gasteiger partial charge in [-0.25, -0.2) is 13.1 Å². The predicted molar refractivity (Wildman–Crippen MR) is 108 cm³/mol. The quantitative estimate of drug-likeness (QED) is 0.560. The fourth-order valence-corrected chi connectivity index (χ4v) is 3.50. The Morgan fingerprint density at radius 1 is 1.00 bits per heavy atom. The van der Waals surface area contributed by atoms with E-state index in [1.807, 2.05) is 13.8 Å². The van der Waals surface area contributed by atoms with Gasteiger partial charge >= 0.3 is 0 Å². The third kappa shape index (κ3) is 6.33. The summed E-state index contributed by atoms with van der Waals surface area (Å²) in [5, 5.41) is 2.76. The van der Waals surface area contributed by atoms with Gasteiger partial charge in [-0.05, 0) is 49.7 Å². The van der Waals surface area contributed by atoms with Crippen molar-refractivity contribution in [1.29, 1.82) is 0 Å². The highest BCUT2D eigenvalue weighted by molar-refractivity contribution is 7.89.